The van der Waals surface area contributed by atoms with E-state index < -0.39 is 0 Å². The highest BCUT2D eigenvalue weighted by molar-refractivity contribution is 5.79. The number of esters is 1. The number of likely N-dealkylation sites (tertiary alicyclic amines) is 1. The van der Waals surface area contributed by atoms with Crippen LogP contribution in [0.4, 0.5) is 5.82 Å². The second kappa shape index (κ2) is 13.2. The molecule has 4 rings (SSSR count). The molecular formula is C23H36N4O7. The highest BCUT2D eigenvalue weighted by Gasteiger charge is 2.50. The van der Waals surface area contributed by atoms with Crippen LogP contribution in [-0.4, -0.2) is 94.3 Å². The highest BCUT2D eigenvalue weighted by atomic mass is 16.6. The molecule has 0 aromatic carbocycles. The van der Waals surface area contributed by atoms with Gasteiger partial charge in [0.05, 0.1) is 17.2 Å². The molecule has 34 heavy (non-hydrogen) atoms. The number of carbonyl (C=O) groups is 3. The van der Waals surface area contributed by atoms with E-state index in [2.05, 4.69) is 33.8 Å². The first-order valence-electron chi connectivity index (χ1n) is 11.6. The van der Waals surface area contributed by atoms with E-state index in [0.29, 0.717) is 5.92 Å². The number of aliphatic hydroxyl groups is 1. The molecule has 1 unspecified atom stereocenters. The van der Waals surface area contributed by atoms with Gasteiger partial charge >= 0.3 is 5.97 Å². The minimum atomic E-state index is -0.332. The molecule has 1 spiro atoms. The fourth-order valence-electron chi connectivity index (χ4n) is 4.71. The van der Waals surface area contributed by atoms with E-state index in [0.717, 1.165) is 76.3 Å². The first-order valence-corrected chi connectivity index (χ1v) is 11.6. The van der Waals surface area contributed by atoms with Gasteiger partial charge in [0, 0.05) is 39.1 Å². The number of anilines is 1. The summed E-state index contributed by atoms with van der Waals surface area (Å²) in [5.41, 5.74) is 0.673. The number of piperidine rings is 2. The summed E-state index contributed by atoms with van der Waals surface area (Å²) in [7, 11) is 0. The van der Waals surface area contributed by atoms with Crippen LogP contribution in [0.2, 0.25) is 0 Å². The molecule has 0 amide bonds. The number of hydrogen-bond donors (Lipinski definition) is 3. The molecule has 4 heterocycles. The van der Waals surface area contributed by atoms with Gasteiger partial charge in [-0.2, -0.15) is 5.10 Å². The van der Waals surface area contributed by atoms with Gasteiger partial charge in [-0.1, -0.05) is 13.8 Å². The minimum Gasteiger partial charge on any atom is -0.483 e. The van der Waals surface area contributed by atoms with Crippen molar-refractivity contribution in [2.24, 2.45) is 5.41 Å². The molecule has 11 heteroatoms. The zero-order valence-corrected chi connectivity index (χ0v) is 19.9. The van der Waals surface area contributed by atoms with Gasteiger partial charge in [0.25, 0.3) is 12.9 Å². The number of ether oxygens (including phenoxy) is 1. The van der Waals surface area contributed by atoms with Crippen molar-refractivity contribution in [1.29, 1.82) is 0 Å². The van der Waals surface area contributed by atoms with Crippen molar-refractivity contribution in [2.45, 2.75) is 64.1 Å². The maximum absolute atomic E-state index is 12.7. The van der Waals surface area contributed by atoms with E-state index in [9.17, 15) is 9.90 Å². The third kappa shape index (κ3) is 7.36. The Kier molecular flexibility index (Phi) is 10.6. The number of rotatable bonds is 4. The van der Waals surface area contributed by atoms with Gasteiger partial charge in [-0.15, -0.1) is 5.10 Å². The molecule has 0 saturated carbocycles. The Morgan fingerprint density at radius 3 is 2.18 bits per heavy atom. The third-order valence-corrected chi connectivity index (χ3v) is 6.65. The molecule has 3 N–H and O–H groups in total. The molecule has 0 aliphatic carbocycles. The standard InChI is InChI=1S/C21H32N4O3.2CH2O2/c1-15(2)18-3-4-19(23-22-18)25-11-7-21(8-12-25)13-17(28-20(21)27)14-24-9-5-16(26)6-10-24;2*2-1-3/h3-4,15-17,26H,5-14H2,1-2H3;2*1H,(H,2,3). The number of carbonyl (C=O) groups excluding carboxylic acids is 1. The second-order valence-electron chi connectivity index (χ2n) is 9.21. The second-order valence-corrected chi connectivity index (χ2v) is 9.21. The predicted molar refractivity (Wildman–Crippen MR) is 124 cm³/mol. The smallest absolute Gasteiger partial charge is 0.312 e. The van der Waals surface area contributed by atoms with Crippen LogP contribution in [0, 0.1) is 5.41 Å². The molecule has 0 bridgehead atoms. The lowest BCUT2D eigenvalue weighted by Gasteiger charge is -2.37. The Morgan fingerprint density at radius 1 is 1.09 bits per heavy atom. The van der Waals surface area contributed by atoms with Crippen molar-refractivity contribution in [1.82, 2.24) is 15.1 Å². The molecule has 1 aromatic heterocycles. The van der Waals surface area contributed by atoms with Crippen LogP contribution in [-0.2, 0) is 19.1 Å². The summed E-state index contributed by atoms with van der Waals surface area (Å²) in [5.74, 6) is 1.25. The van der Waals surface area contributed by atoms with E-state index in [1.54, 1.807) is 0 Å². The number of cyclic esters (lactones) is 1. The lowest BCUT2D eigenvalue weighted by molar-refractivity contribution is -0.150. The van der Waals surface area contributed by atoms with E-state index in [4.69, 9.17) is 24.5 Å². The fourth-order valence-corrected chi connectivity index (χ4v) is 4.71. The van der Waals surface area contributed by atoms with Crippen LogP contribution in [0.5, 0.6) is 0 Å². The van der Waals surface area contributed by atoms with Crippen molar-refractivity contribution in [3.8, 4) is 0 Å². The molecule has 3 aliphatic rings. The molecule has 0 radical (unpaired) electrons. The van der Waals surface area contributed by atoms with Crippen LogP contribution in [0.3, 0.4) is 0 Å². The first kappa shape index (κ1) is 27.5. The average molecular weight is 481 g/mol. The third-order valence-electron chi connectivity index (χ3n) is 6.65. The van der Waals surface area contributed by atoms with Crippen molar-refractivity contribution in [3.05, 3.63) is 17.8 Å². The summed E-state index contributed by atoms with van der Waals surface area (Å²) >= 11 is 0. The van der Waals surface area contributed by atoms with Crippen LogP contribution < -0.4 is 4.90 Å². The summed E-state index contributed by atoms with van der Waals surface area (Å²) in [6.07, 6.45) is 3.89. The lowest BCUT2D eigenvalue weighted by Crippen LogP contribution is -2.43. The average Bonchev–Trinajstić information content (AvgIpc) is 3.11. The van der Waals surface area contributed by atoms with E-state index in [-0.39, 0.29) is 36.5 Å². The maximum atomic E-state index is 12.7. The van der Waals surface area contributed by atoms with Crippen molar-refractivity contribution in [2.75, 3.05) is 37.6 Å². The summed E-state index contributed by atoms with van der Waals surface area (Å²) in [6.45, 7) is 7.93. The maximum Gasteiger partial charge on any atom is 0.312 e. The normalized spacial score (nSPS) is 22.3. The molecule has 3 aliphatic heterocycles. The van der Waals surface area contributed by atoms with Crippen molar-refractivity contribution < 1.29 is 34.4 Å². The Morgan fingerprint density at radius 2 is 1.68 bits per heavy atom. The zero-order valence-electron chi connectivity index (χ0n) is 19.9. The minimum absolute atomic E-state index is 0.0144. The molecule has 3 fully saturated rings. The number of nitrogens with zero attached hydrogens (tertiary/aromatic N) is 4. The van der Waals surface area contributed by atoms with Gasteiger partial charge in [0.1, 0.15) is 6.10 Å². The molecular weight excluding hydrogens is 444 g/mol. The summed E-state index contributed by atoms with van der Waals surface area (Å²) in [5, 5.41) is 32.2. The molecule has 3 saturated heterocycles. The number of carboxylic acid groups (broad SMARTS) is 2. The van der Waals surface area contributed by atoms with Gasteiger partial charge in [-0.25, -0.2) is 0 Å². The first-order chi connectivity index (χ1) is 16.3. The van der Waals surface area contributed by atoms with Crippen LogP contribution in [0.25, 0.3) is 0 Å². The van der Waals surface area contributed by atoms with Crippen LogP contribution in [0.1, 0.15) is 57.6 Å². The Balaban J connectivity index is 0.000000618. The number of aliphatic hydroxyl groups excluding tert-OH is 1. The van der Waals surface area contributed by atoms with Gasteiger partial charge in [-0.3, -0.25) is 19.3 Å². The van der Waals surface area contributed by atoms with Gasteiger partial charge in [0.2, 0.25) is 0 Å². The van der Waals surface area contributed by atoms with Crippen molar-refractivity contribution in [3.63, 3.8) is 0 Å². The van der Waals surface area contributed by atoms with E-state index >= 15 is 0 Å². The number of hydrogen-bond acceptors (Lipinski definition) is 9. The van der Waals surface area contributed by atoms with Gasteiger partial charge in [-0.05, 0) is 43.7 Å². The Bertz CT molecular complexity index is 768. The van der Waals surface area contributed by atoms with Crippen molar-refractivity contribution >= 4 is 24.7 Å². The van der Waals surface area contributed by atoms with Crippen LogP contribution in [0.15, 0.2) is 12.1 Å². The topological polar surface area (TPSA) is 153 Å². The zero-order chi connectivity index (χ0) is 25.1. The van der Waals surface area contributed by atoms with Gasteiger partial charge < -0.3 is 25.0 Å². The number of aromatic nitrogens is 2. The summed E-state index contributed by atoms with van der Waals surface area (Å²) in [6, 6.07) is 4.09. The van der Waals surface area contributed by atoms with Crippen LogP contribution >= 0.6 is 0 Å². The largest absolute Gasteiger partial charge is 0.483 e. The molecule has 1 aromatic rings. The molecule has 11 nitrogen and oxygen atoms in total. The SMILES string of the molecule is CC(C)c1ccc(N2CCC3(CC2)CC(CN2CCC(O)CC2)OC3=O)nn1.O=CO.O=CO. The predicted octanol–water partition coefficient (Wildman–Crippen LogP) is 1.36. The molecule has 190 valence electrons. The van der Waals surface area contributed by atoms with Gasteiger partial charge in [0.15, 0.2) is 5.82 Å². The summed E-state index contributed by atoms with van der Waals surface area (Å²) in [4.78, 5) is 34.0. The quantitative estimate of drug-likeness (QED) is 0.423. The lowest BCUT2D eigenvalue weighted by atomic mass is 9.76. The van der Waals surface area contributed by atoms with E-state index in [1.165, 1.54) is 0 Å². The molecule has 1 atom stereocenters. The fraction of sp³-hybridized carbons (Fsp3) is 0.696. The van der Waals surface area contributed by atoms with E-state index in [1.807, 2.05) is 12.1 Å². The highest BCUT2D eigenvalue weighted by Crippen LogP contribution is 2.44. The monoisotopic (exact) mass is 480 g/mol. The summed E-state index contributed by atoms with van der Waals surface area (Å²) < 4.78 is 5.78. The Hall–Kier alpha value is -2.79. The Labute approximate surface area is 199 Å².